The Labute approximate surface area is 196 Å². The van der Waals surface area contributed by atoms with E-state index in [1.807, 2.05) is 6.07 Å². The fourth-order valence-electron chi connectivity index (χ4n) is 4.44. The van der Waals surface area contributed by atoms with Crippen molar-refractivity contribution in [2.24, 2.45) is 5.10 Å². The number of nitrogens with one attached hydrogen (secondary N) is 1. The first kappa shape index (κ1) is 22.4. The van der Waals surface area contributed by atoms with Crippen LogP contribution in [0, 0.1) is 6.92 Å². The van der Waals surface area contributed by atoms with Crippen molar-refractivity contribution >= 4 is 44.7 Å². The van der Waals surface area contributed by atoms with Crippen LogP contribution in [0.1, 0.15) is 60.4 Å². The summed E-state index contributed by atoms with van der Waals surface area (Å²) >= 11 is 3.44. The Morgan fingerprint density at radius 1 is 1.31 bits per heavy atom. The molecule has 0 spiro atoms. The number of nitrogens with zero attached hydrogens (tertiary/aromatic N) is 2. The second-order valence-corrected chi connectivity index (χ2v) is 10.00. The molecule has 2 heterocycles. The molecule has 1 N–H and O–H groups in total. The normalized spacial score (nSPS) is 17.6. The molecule has 0 saturated heterocycles. The number of hydrazone groups is 1. The largest absolute Gasteiger partial charge is 0.493 e. The second-order valence-electron chi connectivity index (χ2n) is 9.08. The lowest BCUT2D eigenvalue weighted by Gasteiger charge is -2.45. The van der Waals surface area contributed by atoms with E-state index in [-0.39, 0.29) is 11.3 Å². The maximum atomic E-state index is 12.6. The highest BCUT2D eigenvalue weighted by atomic mass is 79.9. The molecular weight excluding hydrogens is 470 g/mol. The van der Waals surface area contributed by atoms with Gasteiger partial charge in [-0.2, -0.15) is 5.10 Å². The average molecular weight is 498 g/mol. The van der Waals surface area contributed by atoms with Crippen molar-refractivity contribution in [2.75, 3.05) is 19.1 Å². The molecule has 168 valence electrons. The standard InChI is InChI=1S/C25H28BrN3O3/c1-14-7-20-19(15(2)12-25(3,4)29(20)5)9-17(14)13-27-28-24(30)22-10-16-8-18(26)11-21(31-6)23(16)32-22/h7-11,13,15H,12H2,1-6H3,(H,28,30)/b27-13+. The average Bonchev–Trinajstić information content (AvgIpc) is 3.16. The molecule has 2 aromatic carbocycles. The lowest BCUT2D eigenvalue weighted by Crippen LogP contribution is -2.45. The van der Waals surface area contributed by atoms with Gasteiger partial charge >= 0.3 is 5.91 Å². The Bertz CT molecular complexity index is 1230. The minimum absolute atomic E-state index is 0.118. The Hall–Kier alpha value is -2.80. The van der Waals surface area contributed by atoms with Gasteiger partial charge in [0.25, 0.3) is 0 Å². The number of halogens is 1. The van der Waals surface area contributed by atoms with Crippen LogP contribution in [0.2, 0.25) is 0 Å². The van der Waals surface area contributed by atoms with Crippen LogP contribution in [0.15, 0.2) is 44.3 Å². The zero-order valence-corrected chi connectivity index (χ0v) is 20.8. The molecule has 0 aliphatic carbocycles. The molecule has 3 aromatic rings. The number of methoxy groups -OCH3 is 1. The quantitative estimate of drug-likeness (QED) is 0.354. The number of rotatable bonds is 4. The molecular formula is C25H28BrN3O3. The van der Waals surface area contributed by atoms with Crippen LogP contribution in [-0.2, 0) is 0 Å². The van der Waals surface area contributed by atoms with Gasteiger partial charge < -0.3 is 14.1 Å². The number of benzene rings is 2. The third-order valence-electron chi connectivity index (χ3n) is 6.38. The monoisotopic (exact) mass is 497 g/mol. The van der Waals surface area contributed by atoms with Gasteiger partial charge in [0.05, 0.1) is 13.3 Å². The van der Waals surface area contributed by atoms with Crippen LogP contribution in [0.3, 0.4) is 0 Å². The van der Waals surface area contributed by atoms with Gasteiger partial charge in [0, 0.05) is 28.1 Å². The summed E-state index contributed by atoms with van der Waals surface area (Å²) in [7, 11) is 3.72. The summed E-state index contributed by atoms with van der Waals surface area (Å²) in [5, 5.41) is 4.97. The molecule has 1 atom stereocenters. The Balaban J connectivity index is 1.55. The lowest BCUT2D eigenvalue weighted by atomic mass is 9.79. The number of carbonyl (C=O) groups is 1. The molecule has 32 heavy (non-hydrogen) atoms. The van der Waals surface area contributed by atoms with Crippen LogP contribution in [0.4, 0.5) is 5.69 Å². The molecule has 7 heteroatoms. The first-order chi connectivity index (χ1) is 15.1. The SMILES string of the molecule is COc1cc(Br)cc2cc(C(=O)N/N=C/c3cc4c(cc3C)N(C)C(C)(C)CC4C)oc12. The summed E-state index contributed by atoms with van der Waals surface area (Å²) in [6, 6.07) is 9.73. The molecule has 1 unspecified atom stereocenters. The first-order valence-electron chi connectivity index (χ1n) is 10.6. The van der Waals surface area contributed by atoms with Gasteiger partial charge in [-0.05, 0) is 80.1 Å². The molecule has 6 nitrogen and oxygen atoms in total. The number of anilines is 1. The van der Waals surface area contributed by atoms with Gasteiger partial charge in [0.15, 0.2) is 17.1 Å². The fraction of sp³-hybridized carbons (Fsp3) is 0.360. The van der Waals surface area contributed by atoms with Crippen LogP contribution >= 0.6 is 15.9 Å². The third kappa shape index (κ3) is 4.01. The number of aryl methyl sites for hydroxylation is 1. The molecule has 0 radical (unpaired) electrons. The van der Waals surface area contributed by atoms with Gasteiger partial charge in [-0.1, -0.05) is 22.9 Å². The van der Waals surface area contributed by atoms with Crippen LogP contribution < -0.4 is 15.1 Å². The summed E-state index contributed by atoms with van der Waals surface area (Å²) < 4.78 is 11.9. The van der Waals surface area contributed by atoms with Gasteiger partial charge in [0.2, 0.25) is 0 Å². The smallest absolute Gasteiger partial charge is 0.307 e. The van der Waals surface area contributed by atoms with Gasteiger partial charge in [-0.25, -0.2) is 5.43 Å². The summed E-state index contributed by atoms with van der Waals surface area (Å²) in [5.41, 5.74) is 7.88. The fourth-order valence-corrected chi connectivity index (χ4v) is 4.89. The predicted molar refractivity (Wildman–Crippen MR) is 132 cm³/mol. The summed E-state index contributed by atoms with van der Waals surface area (Å²) in [6.07, 6.45) is 2.78. The van der Waals surface area contributed by atoms with Crippen molar-refractivity contribution in [1.82, 2.24) is 5.43 Å². The van der Waals surface area contributed by atoms with E-state index in [9.17, 15) is 4.79 Å². The number of amides is 1. The van der Waals surface area contributed by atoms with E-state index in [2.05, 4.69) is 78.2 Å². The number of fused-ring (bicyclic) bond motifs is 2. The lowest BCUT2D eigenvalue weighted by molar-refractivity contribution is 0.0929. The summed E-state index contributed by atoms with van der Waals surface area (Å²) in [5.74, 6) is 0.765. The van der Waals surface area contributed by atoms with Crippen molar-refractivity contribution in [2.45, 2.75) is 45.6 Å². The number of hydrogen-bond donors (Lipinski definition) is 1. The van der Waals surface area contributed by atoms with Crippen LogP contribution in [-0.4, -0.2) is 31.8 Å². The van der Waals surface area contributed by atoms with Crippen LogP contribution in [0.25, 0.3) is 11.0 Å². The minimum Gasteiger partial charge on any atom is -0.493 e. The molecule has 1 amide bonds. The molecule has 0 bridgehead atoms. The van der Waals surface area contributed by atoms with E-state index in [0.29, 0.717) is 17.3 Å². The van der Waals surface area contributed by atoms with Gasteiger partial charge in [0.1, 0.15) is 0 Å². The molecule has 4 rings (SSSR count). The van der Waals surface area contributed by atoms with E-state index in [1.54, 1.807) is 25.5 Å². The van der Waals surface area contributed by atoms with Crippen LogP contribution in [0.5, 0.6) is 5.75 Å². The Morgan fingerprint density at radius 3 is 2.78 bits per heavy atom. The number of hydrogen-bond acceptors (Lipinski definition) is 5. The molecule has 0 saturated carbocycles. The van der Waals surface area contributed by atoms with Crippen molar-refractivity contribution < 1.29 is 13.9 Å². The molecule has 1 aliphatic rings. The van der Waals surface area contributed by atoms with Crippen molar-refractivity contribution in [3.63, 3.8) is 0 Å². The molecule has 1 aromatic heterocycles. The third-order valence-corrected chi connectivity index (χ3v) is 6.84. The van der Waals surface area contributed by atoms with Gasteiger partial charge in [-0.3, -0.25) is 4.79 Å². The van der Waals surface area contributed by atoms with E-state index >= 15 is 0 Å². The maximum absolute atomic E-state index is 12.6. The zero-order valence-electron chi connectivity index (χ0n) is 19.2. The topological polar surface area (TPSA) is 67.1 Å². The van der Waals surface area contributed by atoms with Crippen molar-refractivity contribution in [3.05, 3.63) is 57.3 Å². The highest BCUT2D eigenvalue weighted by molar-refractivity contribution is 9.10. The minimum atomic E-state index is -0.416. The Morgan fingerprint density at radius 2 is 2.06 bits per heavy atom. The number of carbonyl (C=O) groups excluding carboxylic acids is 1. The van der Waals surface area contributed by atoms with E-state index < -0.39 is 5.91 Å². The molecule has 0 fully saturated rings. The van der Waals surface area contributed by atoms with Gasteiger partial charge in [-0.15, -0.1) is 0 Å². The van der Waals surface area contributed by atoms with E-state index in [1.165, 1.54) is 11.3 Å². The highest BCUT2D eigenvalue weighted by Gasteiger charge is 2.34. The van der Waals surface area contributed by atoms with E-state index in [0.717, 1.165) is 27.4 Å². The van der Waals surface area contributed by atoms with E-state index in [4.69, 9.17) is 9.15 Å². The van der Waals surface area contributed by atoms with Crippen molar-refractivity contribution in [3.8, 4) is 5.75 Å². The predicted octanol–water partition coefficient (Wildman–Crippen LogP) is 6.00. The maximum Gasteiger partial charge on any atom is 0.307 e. The zero-order chi connectivity index (χ0) is 23.2. The summed E-state index contributed by atoms with van der Waals surface area (Å²) in [4.78, 5) is 14.9. The first-order valence-corrected chi connectivity index (χ1v) is 11.4. The second kappa shape index (κ2) is 8.28. The van der Waals surface area contributed by atoms with Crippen molar-refractivity contribution in [1.29, 1.82) is 0 Å². The summed E-state index contributed by atoms with van der Waals surface area (Å²) in [6.45, 7) is 8.88. The Kier molecular flexibility index (Phi) is 5.79. The number of furan rings is 1. The number of ether oxygens (including phenoxy) is 1. The molecule has 1 aliphatic heterocycles. The highest BCUT2D eigenvalue weighted by Crippen LogP contribution is 2.43.